The number of aliphatic hydroxyl groups excluding tert-OH is 10. The van der Waals surface area contributed by atoms with Crippen molar-refractivity contribution >= 4 is 17.8 Å². The molecule has 3 fully saturated rings. The predicted octanol–water partition coefficient (Wildman–Crippen LogP) is -8.08. The van der Waals surface area contributed by atoms with Gasteiger partial charge in [0, 0.05) is 20.3 Å². The molecule has 0 saturated carbocycles. The Hall–Kier alpha value is -2.19. The molecule has 16 atom stereocenters. The van der Waals surface area contributed by atoms with Gasteiger partial charge in [0.1, 0.15) is 67.1 Å². The second-order valence-electron chi connectivity index (χ2n) is 11.2. The third-order valence-electron chi connectivity index (χ3n) is 7.87. The van der Waals surface area contributed by atoms with Crippen LogP contribution < -0.4 is 10.6 Å². The zero-order valence-corrected chi connectivity index (χ0v) is 24.7. The van der Waals surface area contributed by atoms with E-state index in [-0.39, 0.29) is 0 Å². The van der Waals surface area contributed by atoms with Crippen LogP contribution in [0.25, 0.3) is 0 Å². The average Bonchev–Trinajstić information content (AvgIpc) is 2.99. The summed E-state index contributed by atoms with van der Waals surface area (Å²) in [5.41, 5.74) is 0. The van der Waals surface area contributed by atoms with Crippen molar-refractivity contribution in [1.29, 1.82) is 0 Å². The molecular weight excluding hydrogens is 632 g/mol. The van der Waals surface area contributed by atoms with Crippen LogP contribution in [-0.2, 0) is 38.1 Å². The molecule has 46 heavy (non-hydrogen) atoms. The number of nitrogens with one attached hydrogen (secondary N) is 2. The lowest BCUT2D eigenvalue weighted by atomic mass is 9.88. The minimum atomic E-state index is -2.98. The Bertz CT molecular complexity index is 1050. The molecule has 13 N–H and O–H groups in total. The van der Waals surface area contributed by atoms with Crippen molar-refractivity contribution in [2.45, 2.75) is 118 Å². The van der Waals surface area contributed by atoms with Gasteiger partial charge >= 0.3 is 5.97 Å². The maximum Gasteiger partial charge on any atom is 0.364 e. The summed E-state index contributed by atoms with van der Waals surface area (Å²) in [6, 6.07) is -3.00. The van der Waals surface area contributed by atoms with E-state index in [1.165, 1.54) is 0 Å². The number of carboxylic acid groups (broad SMARTS) is 1. The lowest BCUT2D eigenvalue weighted by molar-refractivity contribution is -0.380. The monoisotopic (exact) mass is 674 g/mol. The van der Waals surface area contributed by atoms with Gasteiger partial charge in [0.05, 0.1) is 32.0 Å². The molecule has 3 heterocycles. The summed E-state index contributed by atoms with van der Waals surface area (Å²) >= 11 is 0. The van der Waals surface area contributed by atoms with Gasteiger partial charge < -0.3 is 90.5 Å². The number of amides is 2. The Balaban J connectivity index is 1.88. The third-order valence-corrected chi connectivity index (χ3v) is 7.87. The Morgan fingerprint density at radius 1 is 0.848 bits per heavy atom. The summed E-state index contributed by atoms with van der Waals surface area (Å²) < 4.78 is 27.4. The molecule has 21 heteroatoms. The van der Waals surface area contributed by atoms with Gasteiger partial charge in [-0.25, -0.2) is 4.79 Å². The molecule has 0 aliphatic carbocycles. The highest BCUT2D eigenvalue weighted by Gasteiger charge is 2.60. The van der Waals surface area contributed by atoms with E-state index >= 15 is 0 Å². The van der Waals surface area contributed by atoms with Gasteiger partial charge in [0.25, 0.3) is 5.79 Å². The van der Waals surface area contributed by atoms with Crippen LogP contribution in [0.15, 0.2) is 0 Å². The standard InChI is InChI=1S/C25H42N2O19/c1-7(31)26-13-9(33)3-25(24(40)41,46-21(13)15(35)10(34)4-28)45-20-12(6-30)43-23(18(38)17(20)37)44-19-11(5-29)42-22(39)14(16(19)36)27-8(2)32/h9-23,28-30,33-39H,3-6H2,1-2H3,(H,26,31)(H,27,32)(H,40,41)/t9-,10+,11+,12+,13+,14+,15+,16+,17+,18+,19+,20-,21+,22?,23-,25+/m0/s1. The van der Waals surface area contributed by atoms with Crippen LogP contribution >= 0.6 is 0 Å². The first-order valence-corrected chi connectivity index (χ1v) is 14.2. The summed E-state index contributed by atoms with van der Waals surface area (Å²) in [7, 11) is 0. The number of hydrogen-bond acceptors (Lipinski definition) is 18. The topological polar surface area (TPSA) is 344 Å². The average molecular weight is 675 g/mol. The van der Waals surface area contributed by atoms with Crippen LogP contribution in [-0.4, -0.2) is 191 Å². The largest absolute Gasteiger partial charge is 0.477 e. The first-order chi connectivity index (χ1) is 21.5. The maximum atomic E-state index is 12.6. The molecule has 3 saturated heterocycles. The molecule has 2 amide bonds. The number of carbonyl (C=O) groups excluding carboxylic acids is 2. The van der Waals surface area contributed by atoms with E-state index in [1.807, 2.05) is 0 Å². The van der Waals surface area contributed by atoms with Crippen LogP contribution in [0.2, 0.25) is 0 Å². The Kier molecular flexibility index (Phi) is 13.1. The second-order valence-corrected chi connectivity index (χ2v) is 11.2. The molecule has 3 aliphatic heterocycles. The number of aliphatic hydroxyl groups is 10. The fraction of sp³-hybridized carbons (Fsp3) is 0.880. The highest BCUT2D eigenvalue weighted by molar-refractivity contribution is 5.76. The Morgan fingerprint density at radius 3 is 1.93 bits per heavy atom. The molecule has 0 bridgehead atoms. The van der Waals surface area contributed by atoms with Crippen LogP contribution in [0, 0.1) is 0 Å². The van der Waals surface area contributed by atoms with Gasteiger partial charge in [-0.1, -0.05) is 0 Å². The molecule has 266 valence electrons. The molecule has 0 radical (unpaired) electrons. The molecule has 1 unspecified atom stereocenters. The van der Waals surface area contributed by atoms with E-state index in [4.69, 9.17) is 23.7 Å². The van der Waals surface area contributed by atoms with Gasteiger partial charge in [-0.05, 0) is 0 Å². The lowest BCUT2D eigenvalue weighted by Crippen LogP contribution is -2.71. The fourth-order valence-electron chi connectivity index (χ4n) is 5.57. The molecule has 3 aliphatic rings. The van der Waals surface area contributed by atoms with Gasteiger partial charge in [-0.3, -0.25) is 9.59 Å². The smallest absolute Gasteiger partial charge is 0.364 e. The van der Waals surface area contributed by atoms with E-state index < -0.39 is 142 Å². The molecule has 3 rings (SSSR count). The van der Waals surface area contributed by atoms with Crippen molar-refractivity contribution in [2.75, 3.05) is 19.8 Å². The summed E-state index contributed by atoms with van der Waals surface area (Å²) in [5, 5.41) is 118. The van der Waals surface area contributed by atoms with E-state index in [1.54, 1.807) is 0 Å². The summed E-state index contributed by atoms with van der Waals surface area (Å²) in [4.78, 5) is 35.9. The number of hydrogen-bond donors (Lipinski definition) is 13. The second kappa shape index (κ2) is 15.8. The van der Waals surface area contributed by atoms with Crippen molar-refractivity contribution < 1.29 is 94.2 Å². The van der Waals surface area contributed by atoms with Gasteiger partial charge in [-0.15, -0.1) is 0 Å². The Labute approximate surface area is 260 Å². The van der Waals surface area contributed by atoms with Gasteiger partial charge in [-0.2, -0.15) is 0 Å². The molecule has 0 aromatic heterocycles. The number of carbonyl (C=O) groups is 3. The van der Waals surface area contributed by atoms with Gasteiger partial charge in [0.2, 0.25) is 11.8 Å². The number of rotatable bonds is 12. The van der Waals surface area contributed by atoms with Crippen LogP contribution in [0.3, 0.4) is 0 Å². The zero-order valence-electron chi connectivity index (χ0n) is 24.7. The third kappa shape index (κ3) is 8.08. The highest BCUT2D eigenvalue weighted by Crippen LogP contribution is 2.38. The van der Waals surface area contributed by atoms with E-state index in [0.717, 1.165) is 13.8 Å². The summed E-state index contributed by atoms with van der Waals surface area (Å²) in [6.45, 7) is -0.789. The maximum absolute atomic E-state index is 12.6. The quantitative estimate of drug-likeness (QED) is 0.0913. The van der Waals surface area contributed by atoms with Crippen molar-refractivity contribution in [3.05, 3.63) is 0 Å². The normalized spacial score (nSPS) is 42.9. The minimum absolute atomic E-state index is 0.677. The SMILES string of the molecule is CC(=O)N[C@H]1[C@H]([C@H](O)[C@H](O)CO)O[C@@](O[C@@H]2[C@H](O)[C@@H](O)[C@H](O[C@H]3[C@H](O)[C@@H](NC(C)=O)C(O)O[C@@H]3CO)O[C@@H]2CO)(C(=O)O)C[C@@H]1O. The van der Waals surface area contributed by atoms with E-state index in [0.29, 0.717) is 0 Å². The number of aliphatic carboxylic acids is 1. The van der Waals surface area contributed by atoms with Crippen LogP contribution in [0.4, 0.5) is 0 Å². The van der Waals surface area contributed by atoms with Crippen molar-refractivity contribution in [3.63, 3.8) is 0 Å². The lowest BCUT2D eigenvalue weighted by Gasteiger charge is -2.50. The first kappa shape index (κ1) is 38.3. The summed E-state index contributed by atoms with van der Waals surface area (Å²) in [6.07, 6.45) is -25.4. The van der Waals surface area contributed by atoms with Gasteiger partial charge in [0.15, 0.2) is 12.6 Å². The molecule has 0 aromatic carbocycles. The highest BCUT2D eigenvalue weighted by atomic mass is 16.8. The summed E-state index contributed by atoms with van der Waals surface area (Å²) in [5.74, 6) is -6.35. The number of carboxylic acids is 1. The minimum Gasteiger partial charge on any atom is -0.477 e. The first-order valence-electron chi connectivity index (χ1n) is 14.2. The zero-order chi connectivity index (χ0) is 34.7. The van der Waals surface area contributed by atoms with Crippen LogP contribution in [0.5, 0.6) is 0 Å². The molecular formula is C25H42N2O19. The van der Waals surface area contributed by atoms with E-state index in [2.05, 4.69) is 10.6 Å². The number of ether oxygens (including phenoxy) is 5. The van der Waals surface area contributed by atoms with Crippen molar-refractivity contribution in [2.24, 2.45) is 0 Å². The fourth-order valence-corrected chi connectivity index (χ4v) is 5.57. The molecule has 0 spiro atoms. The van der Waals surface area contributed by atoms with Crippen LogP contribution in [0.1, 0.15) is 20.3 Å². The molecule has 21 nitrogen and oxygen atoms in total. The van der Waals surface area contributed by atoms with Crippen molar-refractivity contribution in [3.8, 4) is 0 Å². The molecule has 0 aromatic rings. The van der Waals surface area contributed by atoms with E-state index in [9.17, 15) is 70.6 Å². The predicted molar refractivity (Wildman–Crippen MR) is 142 cm³/mol. The Morgan fingerprint density at radius 2 is 1.41 bits per heavy atom. The van der Waals surface area contributed by atoms with Crippen molar-refractivity contribution in [1.82, 2.24) is 10.6 Å².